The van der Waals surface area contributed by atoms with Gasteiger partial charge in [-0.05, 0) is 25.3 Å². The van der Waals surface area contributed by atoms with E-state index in [9.17, 15) is 19.7 Å². The van der Waals surface area contributed by atoms with E-state index in [1.165, 1.54) is 12.1 Å². The molecule has 0 heterocycles. The third-order valence-corrected chi connectivity index (χ3v) is 3.49. The number of esters is 1. The van der Waals surface area contributed by atoms with E-state index in [1.807, 2.05) is 0 Å². The second-order valence-corrected chi connectivity index (χ2v) is 5.04. The van der Waals surface area contributed by atoms with Gasteiger partial charge < -0.3 is 10.1 Å². The number of nitro benzene ring substituents is 1. The Labute approximate surface area is 121 Å². The molecule has 0 aliphatic heterocycles. The highest BCUT2D eigenvalue weighted by atomic mass is 16.6. The van der Waals surface area contributed by atoms with Crippen molar-refractivity contribution >= 4 is 23.3 Å². The Kier molecular flexibility index (Phi) is 4.52. The van der Waals surface area contributed by atoms with Crippen LogP contribution in [0.3, 0.4) is 0 Å². The number of nitrogens with zero attached hydrogens (tertiary/aromatic N) is 1. The molecular formula is C14H16N2O5. The van der Waals surface area contributed by atoms with Crippen LogP contribution in [0.5, 0.6) is 0 Å². The van der Waals surface area contributed by atoms with E-state index in [-0.39, 0.29) is 24.2 Å². The normalized spacial score (nSPS) is 14.1. The summed E-state index contributed by atoms with van der Waals surface area (Å²) in [5, 5.41) is 13.2. The number of carbonyl (C=O) groups is 2. The predicted octanol–water partition coefficient (Wildman–Crippen LogP) is 2.19. The molecule has 7 nitrogen and oxygen atoms in total. The first-order valence-electron chi connectivity index (χ1n) is 6.69. The zero-order chi connectivity index (χ0) is 15.4. The van der Waals surface area contributed by atoms with Crippen molar-refractivity contribution in [3.05, 3.63) is 33.9 Å². The third-order valence-electron chi connectivity index (χ3n) is 3.49. The molecule has 1 aliphatic rings. The fraction of sp³-hybridized carbons (Fsp3) is 0.429. The Morgan fingerprint density at radius 1 is 1.43 bits per heavy atom. The number of ether oxygens (including phenoxy) is 1. The Balaban J connectivity index is 1.91. The highest BCUT2D eigenvalue weighted by Gasteiger charge is 2.27. The second-order valence-electron chi connectivity index (χ2n) is 5.04. The first-order chi connectivity index (χ1) is 9.97. The van der Waals surface area contributed by atoms with Crippen LogP contribution < -0.4 is 5.32 Å². The lowest BCUT2D eigenvalue weighted by Gasteiger charge is -2.22. The summed E-state index contributed by atoms with van der Waals surface area (Å²) in [5.74, 6) is -0.948. The van der Waals surface area contributed by atoms with Gasteiger partial charge in [0, 0.05) is 12.1 Å². The van der Waals surface area contributed by atoms with Gasteiger partial charge in [-0.15, -0.1) is 0 Å². The van der Waals surface area contributed by atoms with Crippen molar-refractivity contribution in [2.45, 2.75) is 26.2 Å². The first kappa shape index (κ1) is 15.0. The van der Waals surface area contributed by atoms with Crippen LogP contribution in [0.25, 0.3) is 0 Å². The summed E-state index contributed by atoms with van der Waals surface area (Å²) >= 11 is 0. The summed E-state index contributed by atoms with van der Waals surface area (Å²) in [5.41, 5.74) is 0.926. The molecule has 1 aromatic carbocycles. The molecule has 0 saturated heterocycles. The van der Waals surface area contributed by atoms with Crippen molar-refractivity contribution in [2.75, 3.05) is 11.9 Å². The molecule has 112 valence electrons. The van der Waals surface area contributed by atoms with Gasteiger partial charge in [0.15, 0.2) is 6.61 Å². The average molecular weight is 292 g/mol. The van der Waals surface area contributed by atoms with Crippen molar-refractivity contribution in [1.29, 1.82) is 0 Å². The Bertz CT molecular complexity index is 581. The number of nitro groups is 1. The average Bonchev–Trinajstić information content (AvgIpc) is 2.36. The van der Waals surface area contributed by atoms with Gasteiger partial charge in [0.05, 0.1) is 16.5 Å². The molecule has 0 atom stereocenters. The second kappa shape index (κ2) is 6.34. The van der Waals surface area contributed by atoms with Crippen molar-refractivity contribution in [1.82, 2.24) is 0 Å². The fourth-order valence-corrected chi connectivity index (χ4v) is 1.94. The summed E-state index contributed by atoms with van der Waals surface area (Å²) in [4.78, 5) is 33.4. The number of hydrogen-bond acceptors (Lipinski definition) is 5. The summed E-state index contributed by atoms with van der Waals surface area (Å²) in [6.45, 7) is 1.34. The number of benzene rings is 1. The molecule has 1 aliphatic carbocycles. The third kappa shape index (κ3) is 3.77. The number of aryl methyl sites for hydroxylation is 1. The van der Waals surface area contributed by atoms with Gasteiger partial charge in [-0.25, -0.2) is 0 Å². The molecule has 1 saturated carbocycles. The van der Waals surface area contributed by atoms with Crippen LogP contribution >= 0.6 is 0 Å². The van der Waals surface area contributed by atoms with E-state index >= 15 is 0 Å². The maximum Gasteiger partial charge on any atom is 0.309 e. The number of rotatable bonds is 5. The van der Waals surface area contributed by atoms with Crippen molar-refractivity contribution in [2.24, 2.45) is 5.92 Å². The molecule has 0 spiro atoms. The lowest BCUT2D eigenvalue weighted by Crippen LogP contribution is -2.28. The topological polar surface area (TPSA) is 98.5 Å². The van der Waals surface area contributed by atoms with E-state index in [2.05, 4.69) is 5.32 Å². The Morgan fingerprint density at radius 2 is 2.14 bits per heavy atom. The molecule has 1 fully saturated rings. The van der Waals surface area contributed by atoms with E-state index in [1.54, 1.807) is 13.0 Å². The Hall–Kier alpha value is -2.44. The van der Waals surface area contributed by atoms with E-state index < -0.39 is 10.8 Å². The number of non-ortho nitro benzene ring substituents is 1. The molecule has 0 radical (unpaired) electrons. The van der Waals surface area contributed by atoms with Gasteiger partial charge in [0.2, 0.25) is 0 Å². The molecule has 2 rings (SSSR count). The van der Waals surface area contributed by atoms with Gasteiger partial charge in [-0.3, -0.25) is 19.7 Å². The van der Waals surface area contributed by atoms with Crippen molar-refractivity contribution in [3.8, 4) is 0 Å². The lowest BCUT2D eigenvalue weighted by atomic mass is 9.86. The van der Waals surface area contributed by atoms with Gasteiger partial charge in [0.1, 0.15) is 0 Å². The largest absolute Gasteiger partial charge is 0.455 e. The minimum Gasteiger partial charge on any atom is -0.455 e. The maximum atomic E-state index is 11.7. The highest BCUT2D eigenvalue weighted by molar-refractivity contribution is 5.93. The summed E-state index contributed by atoms with van der Waals surface area (Å²) in [6.07, 6.45) is 2.63. The first-order valence-corrected chi connectivity index (χ1v) is 6.69. The highest BCUT2D eigenvalue weighted by Crippen LogP contribution is 2.27. The number of anilines is 1. The smallest absolute Gasteiger partial charge is 0.309 e. The quantitative estimate of drug-likeness (QED) is 0.509. The molecule has 7 heteroatoms. The van der Waals surface area contributed by atoms with E-state index in [4.69, 9.17) is 4.74 Å². The zero-order valence-corrected chi connectivity index (χ0v) is 11.6. The minimum atomic E-state index is -0.536. The standard InChI is InChI=1S/C14H16N2O5/c1-9-5-6-11(16(19)20)7-12(9)15-13(17)8-21-14(18)10-3-2-4-10/h5-7,10H,2-4,8H2,1H3,(H,15,17). The lowest BCUT2D eigenvalue weighted by molar-refractivity contribution is -0.384. The van der Waals surface area contributed by atoms with Crippen LogP contribution in [0.4, 0.5) is 11.4 Å². The SMILES string of the molecule is Cc1ccc([N+](=O)[O-])cc1NC(=O)COC(=O)C1CCC1. The van der Waals surface area contributed by atoms with Gasteiger partial charge in [-0.2, -0.15) is 0 Å². The molecule has 1 N–H and O–H groups in total. The number of carbonyl (C=O) groups excluding carboxylic acids is 2. The maximum absolute atomic E-state index is 11.7. The molecule has 0 bridgehead atoms. The summed E-state index contributed by atoms with van der Waals surface area (Å²) in [6, 6.07) is 4.19. The van der Waals surface area contributed by atoms with Gasteiger partial charge in [-0.1, -0.05) is 12.5 Å². The molecule has 1 aromatic rings. The Morgan fingerprint density at radius 3 is 2.71 bits per heavy atom. The minimum absolute atomic E-state index is 0.0858. The van der Waals surface area contributed by atoms with Crippen LogP contribution in [-0.2, 0) is 14.3 Å². The molecule has 0 aromatic heterocycles. The van der Waals surface area contributed by atoms with Gasteiger partial charge >= 0.3 is 5.97 Å². The van der Waals surface area contributed by atoms with Crippen LogP contribution in [0, 0.1) is 23.0 Å². The van der Waals surface area contributed by atoms with E-state index in [0.717, 1.165) is 19.3 Å². The molecule has 0 unspecified atom stereocenters. The van der Waals surface area contributed by atoms with Gasteiger partial charge in [0.25, 0.3) is 11.6 Å². The van der Waals surface area contributed by atoms with Crippen LogP contribution in [-0.4, -0.2) is 23.4 Å². The summed E-state index contributed by atoms with van der Waals surface area (Å²) in [7, 11) is 0. The predicted molar refractivity (Wildman–Crippen MR) is 74.8 cm³/mol. The van der Waals surface area contributed by atoms with Crippen LogP contribution in [0.2, 0.25) is 0 Å². The molecule has 21 heavy (non-hydrogen) atoms. The molecule has 1 amide bonds. The zero-order valence-electron chi connectivity index (χ0n) is 11.6. The number of amides is 1. The van der Waals surface area contributed by atoms with Crippen LogP contribution in [0.1, 0.15) is 24.8 Å². The van der Waals surface area contributed by atoms with Crippen molar-refractivity contribution in [3.63, 3.8) is 0 Å². The van der Waals surface area contributed by atoms with Crippen LogP contribution in [0.15, 0.2) is 18.2 Å². The fourth-order valence-electron chi connectivity index (χ4n) is 1.94. The number of hydrogen-bond donors (Lipinski definition) is 1. The van der Waals surface area contributed by atoms with Crippen molar-refractivity contribution < 1.29 is 19.2 Å². The monoisotopic (exact) mass is 292 g/mol. The summed E-state index contributed by atoms with van der Waals surface area (Å²) < 4.78 is 4.91. The van der Waals surface area contributed by atoms with E-state index in [0.29, 0.717) is 11.3 Å². The molecular weight excluding hydrogens is 276 g/mol. The number of nitrogens with one attached hydrogen (secondary N) is 1.